The van der Waals surface area contributed by atoms with Gasteiger partial charge >= 0.3 is 0 Å². The third-order valence-electron chi connectivity index (χ3n) is 3.05. The second-order valence-electron chi connectivity index (χ2n) is 4.56. The number of nitrogens with one attached hydrogen (secondary N) is 1. The lowest BCUT2D eigenvalue weighted by atomic mass is 10.1. The van der Waals surface area contributed by atoms with Gasteiger partial charge in [0.15, 0.2) is 5.82 Å². The smallest absolute Gasteiger partial charge is 0.171 e. The van der Waals surface area contributed by atoms with Gasteiger partial charge in [-0.2, -0.15) is 0 Å². The Morgan fingerprint density at radius 1 is 1.16 bits per heavy atom. The monoisotopic (exact) mass is 276 g/mol. The Morgan fingerprint density at radius 2 is 1.89 bits per heavy atom. The molecule has 0 aliphatic rings. The first-order valence-corrected chi connectivity index (χ1v) is 7.54. The van der Waals surface area contributed by atoms with E-state index < -0.39 is 0 Å². The molecule has 0 aromatic carbocycles. The molecule has 102 valence electrons. The Balaban J connectivity index is 2.13. The molecule has 0 bridgehead atoms. The van der Waals surface area contributed by atoms with Gasteiger partial charge in [-0.3, -0.25) is 4.98 Å². The van der Waals surface area contributed by atoms with Crippen molar-refractivity contribution in [3.05, 3.63) is 28.7 Å². The Kier molecular flexibility index (Phi) is 4.99. The van der Waals surface area contributed by atoms with Crippen molar-refractivity contribution in [2.24, 2.45) is 0 Å². The number of aromatic nitrogens is 3. The molecular formula is C14H20N4S. The van der Waals surface area contributed by atoms with Crippen LogP contribution in [0.1, 0.15) is 30.3 Å². The molecule has 2 aromatic rings. The first-order valence-electron chi connectivity index (χ1n) is 6.66. The molecule has 2 rings (SSSR count). The number of hydrogen-bond acceptors (Lipinski definition) is 5. The van der Waals surface area contributed by atoms with E-state index >= 15 is 0 Å². The minimum atomic E-state index is 0.794. The lowest BCUT2D eigenvalue weighted by Gasteiger charge is -2.10. The minimum Gasteiger partial charge on any atom is -0.316 e. The topological polar surface area (TPSA) is 50.7 Å². The van der Waals surface area contributed by atoms with Gasteiger partial charge in [0.2, 0.25) is 0 Å². The number of hydrogen-bond donors (Lipinski definition) is 1. The second-order valence-corrected chi connectivity index (χ2v) is 5.45. The van der Waals surface area contributed by atoms with Crippen molar-refractivity contribution in [2.75, 3.05) is 13.1 Å². The summed E-state index contributed by atoms with van der Waals surface area (Å²) in [5.74, 6) is 0.794. The molecule has 0 amide bonds. The maximum Gasteiger partial charge on any atom is 0.171 e. The highest BCUT2D eigenvalue weighted by molar-refractivity contribution is 7.13. The Bertz CT molecular complexity index is 499. The molecule has 0 radical (unpaired) electrons. The molecule has 0 atom stereocenters. The average Bonchev–Trinajstić information content (AvgIpc) is 2.90. The number of aryl methyl sites for hydroxylation is 2. The summed E-state index contributed by atoms with van der Waals surface area (Å²) in [6.45, 7) is 8.36. The highest BCUT2D eigenvalue weighted by atomic mass is 32.1. The molecule has 0 saturated heterocycles. The highest BCUT2D eigenvalue weighted by Crippen LogP contribution is 2.21. The normalized spacial score (nSPS) is 10.9. The van der Waals surface area contributed by atoms with Crippen LogP contribution in [0.4, 0.5) is 0 Å². The quantitative estimate of drug-likeness (QED) is 0.824. The van der Waals surface area contributed by atoms with Crippen LogP contribution in [0.2, 0.25) is 0 Å². The molecule has 2 heterocycles. The molecule has 0 aliphatic carbocycles. The van der Waals surface area contributed by atoms with Gasteiger partial charge in [-0.1, -0.05) is 6.92 Å². The second kappa shape index (κ2) is 6.73. The first kappa shape index (κ1) is 14.1. The van der Waals surface area contributed by atoms with E-state index in [0.29, 0.717) is 0 Å². The van der Waals surface area contributed by atoms with Crippen LogP contribution >= 0.6 is 11.3 Å². The number of nitrogens with zero attached hydrogens (tertiary/aromatic N) is 3. The van der Waals surface area contributed by atoms with Crippen LogP contribution < -0.4 is 5.32 Å². The summed E-state index contributed by atoms with van der Waals surface area (Å²) < 4.78 is 0. The number of thiazole rings is 1. The van der Waals surface area contributed by atoms with E-state index in [1.165, 1.54) is 12.0 Å². The van der Waals surface area contributed by atoms with Crippen LogP contribution in [0.25, 0.3) is 10.7 Å². The van der Waals surface area contributed by atoms with Gasteiger partial charge in [-0.25, -0.2) is 9.97 Å². The summed E-state index contributed by atoms with van der Waals surface area (Å²) >= 11 is 1.58. The van der Waals surface area contributed by atoms with Crippen LogP contribution in [0.5, 0.6) is 0 Å². The lowest BCUT2D eigenvalue weighted by molar-refractivity contribution is 0.666. The predicted octanol–water partition coefficient (Wildman–Crippen LogP) is 2.76. The van der Waals surface area contributed by atoms with E-state index in [4.69, 9.17) is 0 Å². The van der Waals surface area contributed by atoms with Crippen LogP contribution in [0.3, 0.4) is 0 Å². The molecule has 4 nitrogen and oxygen atoms in total. The third kappa shape index (κ3) is 3.58. The molecule has 0 fully saturated rings. The average molecular weight is 276 g/mol. The highest BCUT2D eigenvalue weighted by Gasteiger charge is 2.10. The fourth-order valence-electron chi connectivity index (χ4n) is 2.05. The van der Waals surface area contributed by atoms with Gasteiger partial charge < -0.3 is 5.32 Å². The van der Waals surface area contributed by atoms with Gasteiger partial charge in [0.1, 0.15) is 0 Å². The van der Waals surface area contributed by atoms with Crippen molar-refractivity contribution < 1.29 is 0 Å². The van der Waals surface area contributed by atoms with Gasteiger partial charge in [-0.05, 0) is 45.3 Å². The molecule has 1 N–H and O–H groups in total. The summed E-state index contributed by atoms with van der Waals surface area (Å²) in [5, 5.41) is 3.42. The lowest BCUT2D eigenvalue weighted by Crippen LogP contribution is -2.19. The Morgan fingerprint density at radius 3 is 2.47 bits per heavy atom. The first-order chi connectivity index (χ1) is 9.22. The van der Waals surface area contributed by atoms with Crippen LogP contribution in [0.15, 0.2) is 11.7 Å². The van der Waals surface area contributed by atoms with Crippen molar-refractivity contribution in [1.29, 1.82) is 0 Å². The van der Waals surface area contributed by atoms with Crippen LogP contribution in [-0.4, -0.2) is 28.0 Å². The zero-order chi connectivity index (χ0) is 13.7. The SMILES string of the molecule is CCCNCCc1c(C)nc(-c2cncs2)nc1C. The van der Waals surface area contributed by atoms with E-state index in [1.807, 2.05) is 11.7 Å². The van der Waals surface area contributed by atoms with Crippen molar-refractivity contribution >= 4 is 11.3 Å². The molecule has 2 aromatic heterocycles. The fraction of sp³-hybridized carbons (Fsp3) is 0.500. The Hall–Kier alpha value is -1.33. The van der Waals surface area contributed by atoms with E-state index in [2.05, 4.69) is 41.0 Å². The maximum atomic E-state index is 4.61. The van der Waals surface area contributed by atoms with Crippen LogP contribution in [-0.2, 0) is 6.42 Å². The molecule has 5 heteroatoms. The minimum absolute atomic E-state index is 0.794. The van der Waals surface area contributed by atoms with Gasteiger partial charge in [0, 0.05) is 17.6 Å². The van der Waals surface area contributed by atoms with Crippen LogP contribution in [0, 0.1) is 13.8 Å². The van der Waals surface area contributed by atoms with E-state index in [0.717, 1.165) is 41.6 Å². The van der Waals surface area contributed by atoms with Gasteiger partial charge in [0.05, 0.1) is 10.4 Å². The zero-order valence-electron chi connectivity index (χ0n) is 11.7. The molecule has 0 saturated carbocycles. The summed E-state index contributed by atoms with van der Waals surface area (Å²) in [6.07, 6.45) is 3.97. The standard InChI is InChI=1S/C14H20N4S/c1-4-6-15-7-5-12-10(2)17-14(18-11(12)3)13-8-16-9-19-13/h8-9,15H,4-7H2,1-3H3. The van der Waals surface area contributed by atoms with E-state index in [-0.39, 0.29) is 0 Å². The van der Waals surface area contributed by atoms with E-state index in [1.54, 1.807) is 11.3 Å². The van der Waals surface area contributed by atoms with Crippen molar-refractivity contribution in [2.45, 2.75) is 33.6 Å². The van der Waals surface area contributed by atoms with Crippen molar-refractivity contribution in [3.63, 3.8) is 0 Å². The molecule has 0 unspecified atom stereocenters. The summed E-state index contributed by atoms with van der Waals surface area (Å²) in [6, 6.07) is 0. The Labute approximate surface area is 118 Å². The third-order valence-corrected chi connectivity index (χ3v) is 3.82. The number of rotatable bonds is 6. The summed E-state index contributed by atoms with van der Waals surface area (Å²) in [5.41, 5.74) is 5.23. The molecular weight excluding hydrogens is 256 g/mol. The zero-order valence-corrected chi connectivity index (χ0v) is 12.5. The maximum absolute atomic E-state index is 4.61. The molecule has 0 spiro atoms. The fourth-order valence-corrected chi connectivity index (χ4v) is 2.61. The molecule has 0 aliphatic heterocycles. The predicted molar refractivity (Wildman–Crippen MR) is 79.5 cm³/mol. The largest absolute Gasteiger partial charge is 0.316 e. The summed E-state index contributed by atoms with van der Waals surface area (Å²) in [4.78, 5) is 14.3. The summed E-state index contributed by atoms with van der Waals surface area (Å²) in [7, 11) is 0. The van der Waals surface area contributed by atoms with Gasteiger partial charge in [0.25, 0.3) is 0 Å². The van der Waals surface area contributed by atoms with Gasteiger partial charge in [-0.15, -0.1) is 11.3 Å². The van der Waals surface area contributed by atoms with Crippen molar-refractivity contribution in [3.8, 4) is 10.7 Å². The van der Waals surface area contributed by atoms with E-state index in [9.17, 15) is 0 Å². The van der Waals surface area contributed by atoms with Crippen molar-refractivity contribution in [1.82, 2.24) is 20.3 Å². The molecule has 19 heavy (non-hydrogen) atoms.